The fourth-order valence-electron chi connectivity index (χ4n) is 3.81. The number of hydrogen-bond acceptors (Lipinski definition) is 5. The van der Waals surface area contributed by atoms with Crippen LogP contribution in [0.25, 0.3) is 10.9 Å². The zero-order valence-corrected chi connectivity index (χ0v) is 21.3. The SMILES string of the molecule is CC(C)(C)OC(=O)Nc1ccc(NC(=O)c2cc3ccc(C#N)cc3n2Cc2ccc(C(F)(F)F)cc2)cn1. The van der Waals surface area contributed by atoms with Gasteiger partial charge in [-0.1, -0.05) is 18.2 Å². The highest BCUT2D eigenvalue weighted by molar-refractivity contribution is 6.06. The van der Waals surface area contributed by atoms with Crippen LogP contribution in [0.15, 0.2) is 66.9 Å². The first kappa shape index (κ1) is 27.2. The molecular formula is C28H24F3N5O3. The number of aromatic nitrogens is 2. The molecule has 2 aromatic heterocycles. The Morgan fingerprint density at radius 2 is 1.72 bits per heavy atom. The molecule has 2 N–H and O–H groups in total. The van der Waals surface area contributed by atoms with Crippen LogP contribution < -0.4 is 10.6 Å². The van der Waals surface area contributed by atoms with Gasteiger partial charge < -0.3 is 14.6 Å². The number of nitrogens with one attached hydrogen (secondary N) is 2. The standard InChI is InChI=1S/C28H24F3N5O3/c1-27(2,3)39-26(38)35-24-11-10-21(15-33-24)34-25(37)23-13-19-7-4-18(14-32)12-22(19)36(23)16-17-5-8-20(9-6-17)28(29,30)31/h4-13,15H,16H2,1-3H3,(H,34,37)(H,33,35,38). The van der Waals surface area contributed by atoms with E-state index in [4.69, 9.17) is 4.74 Å². The Balaban J connectivity index is 1.59. The first-order valence-corrected chi connectivity index (χ1v) is 11.8. The van der Waals surface area contributed by atoms with Crippen molar-refractivity contribution < 1.29 is 27.5 Å². The van der Waals surface area contributed by atoms with Crippen molar-refractivity contribution in [3.63, 3.8) is 0 Å². The minimum atomic E-state index is -4.46. The summed E-state index contributed by atoms with van der Waals surface area (Å²) in [6.07, 6.45) is -3.77. The smallest absolute Gasteiger partial charge is 0.416 e. The fraction of sp³-hybridized carbons (Fsp3) is 0.214. The van der Waals surface area contributed by atoms with E-state index < -0.39 is 29.3 Å². The Morgan fingerprint density at radius 3 is 2.31 bits per heavy atom. The number of fused-ring (bicyclic) bond motifs is 1. The van der Waals surface area contributed by atoms with Gasteiger partial charge in [-0.05, 0) is 68.8 Å². The predicted molar refractivity (Wildman–Crippen MR) is 139 cm³/mol. The number of carbonyl (C=O) groups is 2. The van der Waals surface area contributed by atoms with Gasteiger partial charge >= 0.3 is 12.3 Å². The van der Waals surface area contributed by atoms with Gasteiger partial charge in [0.05, 0.1) is 34.6 Å². The summed E-state index contributed by atoms with van der Waals surface area (Å²) in [5.41, 5.74) is 0.620. The zero-order valence-electron chi connectivity index (χ0n) is 21.3. The van der Waals surface area contributed by atoms with Crippen molar-refractivity contribution in [3.8, 4) is 6.07 Å². The van der Waals surface area contributed by atoms with Crippen molar-refractivity contribution in [2.75, 3.05) is 10.6 Å². The number of alkyl halides is 3. The van der Waals surface area contributed by atoms with Crippen LogP contribution in [0.2, 0.25) is 0 Å². The molecule has 39 heavy (non-hydrogen) atoms. The van der Waals surface area contributed by atoms with Gasteiger partial charge in [0.15, 0.2) is 0 Å². The van der Waals surface area contributed by atoms with Gasteiger partial charge in [-0.2, -0.15) is 18.4 Å². The lowest BCUT2D eigenvalue weighted by Crippen LogP contribution is -2.27. The lowest BCUT2D eigenvalue weighted by Gasteiger charge is -2.19. The summed E-state index contributed by atoms with van der Waals surface area (Å²) in [5.74, 6) is -0.269. The monoisotopic (exact) mass is 535 g/mol. The van der Waals surface area contributed by atoms with Crippen LogP contribution >= 0.6 is 0 Å². The minimum absolute atomic E-state index is 0.0935. The van der Waals surface area contributed by atoms with E-state index >= 15 is 0 Å². The second-order valence-corrected chi connectivity index (χ2v) is 9.71. The first-order valence-electron chi connectivity index (χ1n) is 11.8. The van der Waals surface area contributed by atoms with E-state index in [0.717, 1.165) is 12.1 Å². The van der Waals surface area contributed by atoms with Gasteiger partial charge in [-0.25, -0.2) is 9.78 Å². The molecule has 2 heterocycles. The highest BCUT2D eigenvalue weighted by Crippen LogP contribution is 2.30. The summed E-state index contributed by atoms with van der Waals surface area (Å²) in [5, 5.41) is 15.3. The molecule has 4 rings (SSSR count). The van der Waals surface area contributed by atoms with Crippen LogP contribution in [0, 0.1) is 11.3 Å². The topological polar surface area (TPSA) is 109 Å². The third-order valence-corrected chi connectivity index (χ3v) is 5.54. The lowest BCUT2D eigenvalue weighted by molar-refractivity contribution is -0.137. The van der Waals surface area contributed by atoms with Crippen LogP contribution in [0.5, 0.6) is 0 Å². The molecule has 0 aliphatic rings. The molecule has 0 saturated heterocycles. The average molecular weight is 536 g/mol. The predicted octanol–water partition coefficient (Wildman–Crippen LogP) is 6.57. The number of nitriles is 1. The van der Waals surface area contributed by atoms with Gasteiger partial charge in [0.1, 0.15) is 17.1 Å². The van der Waals surface area contributed by atoms with Gasteiger partial charge in [-0.15, -0.1) is 0 Å². The summed E-state index contributed by atoms with van der Waals surface area (Å²) in [6, 6.07) is 16.4. The van der Waals surface area contributed by atoms with E-state index in [9.17, 15) is 28.0 Å². The normalized spacial score (nSPS) is 11.6. The van der Waals surface area contributed by atoms with Crippen molar-refractivity contribution in [2.45, 2.75) is 39.1 Å². The van der Waals surface area contributed by atoms with Crippen LogP contribution in [0.3, 0.4) is 0 Å². The second-order valence-electron chi connectivity index (χ2n) is 9.71. The Hall–Kier alpha value is -4.85. The molecule has 2 aromatic carbocycles. The maximum absolute atomic E-state index is 13.3. The largest absolute Gasteiger partial charge is 0.444 e. The molecule has 0 fully saturated rings. The molecule has 0 bridgehead atoms. The molecule has 2 amide bonds. The van der Waals surface area contributed by atoms with Crippen molar-refractivity contribution in [2.24, 2.45) is 0 Å². The summed E-state index contributed by atoms with van der Waals surface area (Å²) >= 11 is 0. The van der Waals surface area contributed by atoms with Gasteiger partial charge in [0.25, 0.3) is 5.91 Å². The summed E-state index contributed by atoms with van der Waals surface area (Å²) < 4.78 is 45.8. The minimum Gasteiger partial charge on any atom is -0.444 e. The molecule has 4 aromatic rings. The van der Waals surface area contributed by atoms with E-state index in [-0.39, 0.29) is 18.1 Å². The Labute approximate surface area is 222 Å². The van der Waals surface area contributed by atoms with Gasteiger partial charge in [0.2, 0.25) is 0 Å². The number of pyridine rings is 1. The first-order chi connectivity index (χ1) is 18.3. The molecule has 0 aliphatic carbocycles. The van der Waals surface area contributed by atoms with Gasteiger partial charge in [0, 0.05) is 11.9 Å². The van der Waals surface area contributed by atoms with E-state index in [1.54, 1.807) is 55.7 Å². The van der Waals surface area contributed by atoms with Crippen molar-refractivity contribution in [1.82, 2.24) is 9.55 Å². The van der Waals surface area contributed by atoms with E-state index in [0.29, 0.717) is 27.7 Å². The Morgan fingerprint density at radius 1 is 1.00 bits per heavy atom. The number of ether oxygens (including phenoxy) is 1. The number of anilines is 2. The van der Waals surface area contributed by atoms with E-state index in [1.165, 1.54) is 24.4 Å². The molecule has 0 atom stereocenters. The van der Waals surface area contributed by atoms with Crippen molar-refractivity contribution in [3.05, 3.63) is 89.2 Å². The number of carbonyl (C=O) groups excluding carboxylic acids is 2. The van der Waals surface area contributed by atoms with Gasteiger partial charge in [-0.3, -0.25) is 10.1 Å². The molecule has 0 saturated carbocycles. The number of rotatable bonds is 5. The molecule has 0 unspecified atom stereocenters. The summed E-state index contributed by atoms with van der Waals surface area (Å²) in [4.78, 5) is 29.3. The van der Waals surface area contributed by atoms with Crippen LogP contribution in [-0.2, 0) is 17.5 Å². The van der Waals surface area contributed by atoms with E-state index in [2.05, 4.69) is 21.7 Å². The molecule has 0 spiro atoms. The Bertz CT molecular complexity index is 1560. The number of hydrogen-bond donors (Lipinski definition) is 2. The maximum atomic E-state index is 13.3. The molecular weight excluding hydrogens is 511 g/mol. The average Bonchev–Trinajstić information content (AvgIpc) is 3.21. The number of nitrogens with zero attached hydrogens (tertiary/aromatic N) is 3. The van der Waals surface area contributed by atoms with Crippen LogP contribution in [0.1, 0.15) is 48.0 Å². The molecule has 200 valence electrons. The lowest BCUT2D eigenvalue weighted by atomic mass is 10.1. The highest BCUT2D eigenvalue weighted by atomic mass is 19.4. The molecule has 11 heteroatoms. The second kappa shape index (κ2) is 10.5. The number of halogens is 3. The fourth-order valence-corrected chi connectivity index (χ4v) is 3.81. The quantitative estimate of drug-likeness (QED) is 0.300. The van der Waals surface area contributed by atoms with Crippen LogP contribution in [0.4, 0.5) is 29.5 Å². The van der Waals surface area contributed by atoms with Crippen LogP contribution in [-0.4, -0.2) is 27.2 Å². The van der Waals surface area contributed by atoms with Crippen molar-refractivity contribution >= 4 is 34.4 Å². The Kier molecular flexibility index (Phi) is 7.31. The third kappa shape index (κ3) is 6.73. The highest BCUT2D eigenvalue weighted by Gasteiger charge is 2.30. The summed E-state index contributed by atoms with van der Waals surface area (Å²) in [6.45, 7) is 5.29. The van der Waals surface area contributed by atoms with Crippen molar-refractivity contribution in [1.29, 1.82) is 5.26 Å². The summed E-state index contributed by atoms with van der Waals surface area (Å²) in [7, 11) is 0. The number of amides is 2. The maximum Gasteiger partial charge on any atom is 0.416 e. The molecule has 8 nitrogen and oxygen atoms in total. The molecule has 0 aliphatic heterocycles. The number of benzene rings is 2. The molecule has 0 radical (unpaired) electrons. The van der Waals surface area contributed by atoms with E-state index in [1.807, 2.05) is 0 Å². The zero-order chi connectivity index (χ0) is 28.4. The third-order valence-electron chi connectivity index (χ3n) is 5.54.